The van der Waals surface area contributed by atoms with Crippen molar-refractivity contribution in [3.63, 3.8) is 0 Å². The lowest BCUT2D eigenvalue weighted by atomic mass is 10.0. The zero-order valence-corrected chi connectivity index (χ0v) is 20.6. The largest absolute Gasteiger partial charge is 0.494 e. The summed E-state index contributed by atoms with van der Waals surface area (Å²) in [5.74, 6) is 1.18. The van der Waals surface area contributed by atoms with E-state index in [2.05, 4.69) is 44.5 Å². The van der Waals surface area contributed by atoms with Crippen LogP contribution in [0.4, 0.5) is 34.5 Å². The molecule has 0 atom stereocenters. The molecule has 3 aromatic rings. The van der Waals surface area contributed by atoms with Crippen LogP contribution in [-0.4, -0.2) is 60.1 Å². The summed E-state index contributed by atoms with van der Waals surface area (Å²) in [6.07, 6.45) is 3.66. The SMILES string of the molecule is COc1cc(N2CCC(N(C)C)CC2)ccc1Nc1ncc(Cl)c(Nc2ccccc2[N+](=O)[O-])n1. The van der Waals surface area contributed by atoms with Gasteiger partial charge in [-0.05, 0) is 45.1 Å². The third kappa shape index (κ3) is 5.72. The number of benzene rings is 2. The molecular formula is C24H28ClN7O3. The highest BCUT2D eigenvalue weighted by atomic mass is 35.5. The number of nitro groups is 1. The van der Waals surface area contributed by atoms with Gasteiger partial charge in [0.15, 0.2) is 5.82 Å². The third-order valence-corrected chi connectivity index (χ3v) is 6.37. The molecule has 0 bridgehead atoms. The van der Waals surface area contributed by atoms with Gasteiger partial charge >= 0.3 is 0 Å². The Labute approximate surface area is 209 Å². The number of para-hydroxylation sites is 2. The molecule has 10 nitrogen and oxygen atoms in total. The summed E-state index contributed by atoms with van der Waals surface area (Å²) in [5.41, 5.74) is 1.99. The quantitative estimate of drug-likeness (QED) is 0.326. The van der Waals surface area contributed by atoms with Crippen LogP contribution in [0.15, 0.2) is 48.7 Å². The van der Waals surface area contributed by atoms with Crippen LogP contribution in [0, 0.1) is 10.1 Å². The molecule has 0 unspecified atom stereocenters. The first-order valence-corrected chi connectivity index (χ1v) is 11.6. The van der Waals surface area contributed by atoms with E-state index in [1.54, 1.807) is 25.3 Å². The lowest BCUT2D eigenvalue weighted by Gasteiger charge is -2.36. The van der Waals surface area contributed by atoms with E-state index in [-0.39, 0.29) is 28.2 Å². The maximum atomic E-state index is 11.3. The second-order valence-electron chi connectivity index (χ2n) is 8.48. The summed E-state index contributed by atoms with van der Waals surface area (Å²) >= 11 is 6.26. The Bertz CT molecular complexity index is 1200. The van der Waals surface area contributed by atoms with Crippen LogP contribution < -0.4 is 20.3 Å². The van der Waals surface area contributed by atoms with Crippen molar-refractivity contribution in [2.24, 2.45) is 0 Å². The number of nitrogens with zero attached hydrogens (tertiary/aromatic N) is 5. The van der Waals surface area contributed by atoms with Crippen molar-refractivity contribution in [2.45, 2.75) is 18.9 Å². The maximum absolute atomic E-state index is 11.3. The van der Waals surface area contributed by atoms with Gasteiger partial charge in [0.25, 0.3) is 5.69 Å². The Morgan fingerprint density at radius 1 is 1.14 bits per heavy atom. The molecule has 1 aliphatic heterocycles. The number of rotatable bonds is 8. The van der Waals surface area contributed by atoms with Crippen LogP contribution in [0.1, 0.15) is 12.8 Å². The average Bonchev–Trinajstić information content (AvgIpc) is 2.86. The Kier molecular flexibility index (Phi) is 7.52. The van der Waals surface area contributed by atoms with Gasteiger partial charge in [-0.1, -0.05) is 23.7 Å². The number of anilines is 5. The number of nitrogens with one attached hydrogen (secondary N) is 2. The highest BCUT2D eigenvalue weighted by molar-refractivity contribution is 6.33. The molecule has 0 amide bonds. The number of halogens is 1. The topological polar surface area (TPSA) is 109 Å². The summed E-state index contributed by atoms with van der Waals surface area (Å²) in [6, 6.07) is 12.9. The molecule has 2 heterocycles. The van der Waals surface area contributed by atoms with Crippen molar-refractivity contribution in [1.82, 2.24) is 14.9 Å². The van der Waals surface area contributed by atoms with E-state index in [1.165, 1.54) is 12.3 Å². The van der Waals surface area contributed by atoms with Gasteiger partial charge in [-0.15, -0.1) is 0 Å². The predicted molar refractivity (Wildman–Crippen MR) is 139 cm³/mol. The van der Waals surface area contributed by atoms with Crippen LogP contribution in [0.2, 0.25) is 5.02 Å². The molecule has 0 spiro atoms. The Morgan fingerprint density at radius 2 is 1.89 bits per heavy atom. The normalized spacial score (nSPS) is 14.1. The second kappa shape index (κ2) is 10.7. The van der Waals surface area contributed by atoms with Gasteiger partial charge in [0, 0.05) is 37.0 Å². The zero-order chi connectivity index (χ0) is 24.9. The van der Waals surface area contributed by atoms with Crippen LogP contribution in [-0.2, 0) is 0 Å². The average molecular weight is 498 g/mol. The number of aromatic nitrogens is 2. The molecule has 4 rings (SSSR count). The zero-order valence-electron chi connectivity index (χ0n) is 19.9. The van der Waals surface area contributed by atoms with Crippen LogP contribution in [0.3, 0.4) is 0 Å². The number of piperidine rings is 1. The smallest absolute Gasteiger partial charge is 0.292 e. The Hall–Kier alpha value is -3.63. The van der Waals surface area contributed by atoms with Gasteiger partial charge in [0.1, 0.15) is 16.5 Å². The minimum atomic E-state index is -0.466. The third-order valence-electron chi connectivity index (χ3n) is 6.09. The van der Waals surface area contributed by atoms with E-state index >= 15 is 0 Å². The van der Waals surface area contributed by atoms with Crippen molar-refractivity contribution >= 4 is 46.1 Å². The second-order valence-corrected chi connectivity index (χ2v) is 8.89. The monoisotopic (exact) mass is 497 g/mol. The fraction of sp³-hybridized carbons (Fsp3) is 0.333. The number of hydrogen-bond donors (Lipinski definition) is 2. The van der Waals surface area contributed by atoms with E-state index < -0.39 is 4.92 Å². The summed E-state index contributed by atoms with van der Waals surface area (Å²) in [5, 5.41) is 17.7. The summed E-state index contributed by atoms with van der Waals surface area (Å²) in [6.45, 7) is 1.97. The first-order chi connectivity index (χ1) is 16.9. The van der Waals surface area contributed by atoms with Crippen LogP contribution in [0.25, 0.3) is 0 Å². The van der Waals surface area contributed by atoms with E-state index in [0.29, 0.717) is 17.5 Å². The highest BCUT2D eigenvalue weighted by Gasteiger charge is 2.22. The molecule has 1 saturated heterocycles. The minimum Gasteiger partial charge on any atom is -0.494 e. The maximum Gasteiger partial charge on any atom is 0.292 e. The van der Waals surface area contributed by atoms with Gasteiger partial charge in [-0.25, -0.2) is 4.98 Å². The van der Waals surface area contributed by atoms with E-state index in [1.807, 2.05) is 18.2 Å². The van der Waals surface area contributed by atoms with Crippen molar-refractivity contribution in [2.75, 3.05) is 49.8 Å². The van der Waals surface area contributed by atoms with E-state index in [0.717, 1.165) is 31.6 Å². The van der Waals surface area contributed by atoms with E-state index in [4.69, 9.17) is 16.3 Å². The lowest BCUT2D eigenvalue weighted by molar-refractivity contribution is -0.383. The molecule has 0 aliphatic carbocycles. The highest BCUT2D eigenvalue weighted by Crippen LogP contribution is 2.34. The number of methoxy groups -OCH3 is 1. The summed E-state index contributed by atoms with van der Waals surface area (Å²) in [7, 11) is 5.88. The van der Waals surface area contributed by atoms with Crippen molar-refractivity contribution < 1.29 is 9.66 Å². The molecule has 0 radical (unpaired) electrons. The van der Waals surface area contributed by atoms with Crippen molar-refractivity contribution in [1.29, 1.82) is 0 Å². The summed E-state index contributed by atoms with van der Waals surface area (Å²) < 4.78 is 5.63. The Balaban J connectivity index is 1.52. The van der Waals surface area contributed by atoms with Crippen LogP contribution >= 0.6 is 11.6 Å². The van der Waals surface area contributed by atoms with Gasteiger partial charge in [0.2, 0.25) is 5.95 Å². The predicted octanol–water partition coefficient (Wildman–Crippen LogP) is 5.06. The van der Waals surface area contributed by atoms with Gasteiger partial charge in [0.05, 0.1) is 23.9 Å². The molecule has 35 heavy (non-hydrogen) atoms. The molecule has 184 valence electrons. The van der Waals surface area contributed by atoms with E-state index in [9.17, 15) is 10.1 Å². The van der Waals surface area contributed by atoms with Crippen LogP contribution in [0.5, 0.6) is 5.75 Å². The molecule has 11 heteroatoms. The fourth-order valence-electron chi connectivity index (χ4n) is 4.12. The molecule has 0 saturated carbocycles. The lowest BCUT2D eigenvalue weighted by Crippen LogP contribution is -2.41. The van der Waals surface area contributed by atoms with Gasteiger partial charge in [-0.2, -0.15) is 4.98 Å². The first-order valence-electron chi connectivity index (χ1n) is 11.2. The number of nitro benzene ring substituents is 1. The van der Waals surface area contributed by atoms with Crippen molar-refractivity contribution in [3.8, 4) is 5.75 Å². The number of hydrogen-bond acceptors (Lipinski definition) is 9. The van der Waals surface area contributed by atoms with Gasteiger partial charge in [-0.3, -0.25) is 10.1 Å². The molecular weight excluding hydrogens is 470 g/mol. The molecule has 1 fully saturated rings. The Morgan fingerprint density at radius 3 is 2.57 bits per heavy atom. The van der Waals surface area contributed by atoms with Crippen molar-refractivity contribution in [3.05, 3.63) is 63.8 Å². The fourth-order valence-corrected chi connectivity index (χ4v) is 4.26. The number of ether oxygens (including phenoxy) is 1. The summed E-state index contributed by atoms with van der Waals surface area (Å²) in [4.78, 5) is 24.2. The molecule has 2 N–H and O–H groups in total. The standard InChI is InChI=1S/C24H28ClN7O3/c1-30(2)16-10-12-31(13-11-16)17-8-9-20(22(14-17)35-3)28-24-26-15-18(25)23(29-24)27-19-6-4-5-7-21(19)32(33)34/h4-9,14-16H,10-13H2,1-3H3,(H2,26,27,28,29). The molecule has 2 aromatic carbocycles. The molecule has 1 aliphatic rings. The minimum absolute atomic E-state index is 0.0800. The first kappa shape index (κ1) is 24.5. The molecule has 1 aromatic heterocycles. The van der Waals surface area contributed by atoms with Gasteiger partial charge < -0.3 is 25.2 Å².